The third-order valence-electron chi connectivity index (χ3n) is 4.62. The van der Waals surface area contributed by atoms with Crippen LogP contribution in [0.15, 0.2) is 18.2 Å². The number of nitriles is 1. The second-order valence-electron chi connectivity index (χ2n) is 6.11. The standard InChI is InChI=1S/C17H19N3O2/c1-17(14-8-7-12-5-4-6-13(12)11-14)15(21)20(16(22)19-17)10-3-2-9-18/h7-8,11H,2-6,10H2,1H3,(H,19,22). The summed E-state index contributed by atoms with van der Waals surface area (Å²) in [5, 5.41) is 11.4. The van der Waals surface area contributed by atoms with Crippen LogP contribution in [0.25, 0.3) is 0 Å². The minimum Gasteiger partial charge on any atom is -0.319 e. The van der Waals surface area contributed by atoms with E-state index in [1.165, 1.54) is 16.0 Å². The van der Waals surface area contributed by atoms with Gasteiger partial charge < -0.3 is 5.32 Å². The molecular formula is C17H19N3O2. The van der Waals surface area contributed by atoms with Gasteiger partial charge in [-0.05, 0) is 49.3 Å². The van der Waals surface area contributed by atoms with Gasteiger partial charge >= 0.3 is 6.03 Å². The zero-order valence-corrected chi connectivity index (χ0v) is 12.7. The summed E-state index contributed by atoms with van der Waals surface area (Å²) in [4.78, 5) is 26.0. The molecule has 0 spiro atoms. The number of urea groups is 1. The van der Waals surface area contributed by atoms with Crippen molar-refractivity contribution < 1.29 is 9.59 Å². The number of imide groups is 1. The van der Waals surface area contributed by atoms with Gasteiger partial charge in [-0.1, -0.05) is 18.2 Å². The summed E-state index contributed by atoms with van der Waals surface area (Å²) in [5.74, 6) is -0.228. The summed E-state index contributed by atoms with van der Waals surface area (Å²) < 4.78 is 0. The summed E-state index contributed by atoms with van der Waals surface area (Å²) in [6.07, 6.45) is 4.12. The van der Waals surface area contributed by atoms with Gasteiger partial charge in [-0.2, -0.15) is 5.26 Å². The normalized spacial score (nSPS) is 23.4. The molecule has 0 radical (unpaired) electrons. The van der Waals surface area contributed by atoms with Crippen LogP contribution < -0.4 is 5.32 Å². The lowest BCUT2D eigenvalue weighted by atomic mass is 9.89. The Hall–Kier alpha value is -2.35. The molecule has 1 aromatic carbocycles. The van der Waals surface area contributed by atoms with Crippen molar-refractivity contribution in [2.24, 2.45) is 0 Å². The van der Waals surface area contributed by atoms with E-state index in [1.807, 2.05) is 12.1 Å². The first-order chi connectivity index (χ1) is 10.6. The number of nitrogens with one attached hydrogen (secondary N) is 1. The maximum absolute atomic E-state index is 12.7. The molecule has 2 aliphatic rings. The highest BCUT2D eigenvalue weighted by Crippen LogP contribution is 2.32. The molecule has 1 saturated heterocycles. The lowest BCUT2D eigenvalue weighted by Crippen LogP contribution is -2.41. The average molecular weight is 297 g/mol. The number of nitrogens with zero attached hydrogens (tertiary/aromatic N) is 2. The van der Waals surface area contributed by atoms with E-state index in [0.717, 1.165) is 24.8 Å². The first-order valence-corrected chi connectivity index (χ1v) is 7.69. The number of hydrogen-bond acceptors (Lipinski definition) is 3. The number of rotatable bonds is 4. The van der Waals surface area contributed by atoms with Crippen LogP contribution in [0.2, 0.25) is 0 Å². The highest BCUT2D eigenvalue weighted by atomic mass is 16.2. The summed E-state index contributed by atoms with van der Waals surface area (Å²) >= 11 is 0. The molecule has 5 nitrogen and oxygen atoms in total. The third kappa shape index (κ3) is 2.25. The number of hydrogen-bond donors (Lipinski definition) is 1. The molecule has 114 valence electrons. The molecule has 3 amide bonds. The van der Waals surface area contributed by atoms with Crippen LogP contribution in [0.3, 0.4) is 0 Å². The maximum Gasteiger partial charge on any atom is 0.325 e. The summed E-state index contributed by atoms with van der Waals surface area (Å²) in [6, 6.07) is 7.73. The van der Waals surface area contributed by atoms with Gasteiger partial charge in [0.15, 0.2) is 0 Å². The molecule has 1 unspecified atom stereocenters. The van der Waals surface area contributed by atoms with Crippen molar-refractivity contribution in [2.75, 3.05) is 6.54 Å². The SMILES string of the molecule is CC1(c2ccc3c(c2)CCC3)NC(=O)N(CCCC#N)C1=O. The number of benzene rings is 1. The zero-order chi connectivity index (χ0) is 15.7. The van der Waals surface area contributed by atoms with Crippen LogP contribution in [0.1, 0.15) is 42.9 Å². The lowest BCUT2D eigenvalue weighted by molar-refractivity contribution is -0.131. The van der Waals surface area contributed by atoms with E-state index >= 15 is 0 Å². The Morgan fingerprint density at radius 1 is 1.32 bits per heavy atom. The molecule has 1 N–H and O–H groups in total. The van der Waals surface area contributed by atoms with E-state index in [9.17, 15) is 9.59 Å². The van der Waals surface area contributed by atoms with Crippen molar-refractivity contribution >= 4 is 11.9 Å². The highest BCUT2D eigenvalue weighted by molar-refractivity contribution is 6.07. The Morgan fingerprint density at radius 3 is 2.86 bits per heavy atom. The largest absolute Gasteiger partial charge is 0.325 e. The monoisotopic (exact) mass is 297 g/mol. The van der Waals surface area contributed by atoms with Gasteiger partial charge in [0.1, 0.15) is 5.54 Å². The van der Waals surface area contributed by atoms with Crippen LogP contribution in [0.5, 0.6) is 0 Å². The molecule has 22 heavy (non-hydrogen) atoms. The molecule has 5 heteroatoms. The fraction of sp³-hybridized carbons (Fsp3) is 0.471. The molecule has 1 atom stereocenters. The molecule has 0 saturated carbocycles. The number of carbonyl (C=O) groups excluding carboxylic acids is 2. The van der Waals surface area contributed by atoms with E-state index in [2.05, 4.69) is 17.4 Å². The van der Waals surface area contributed by atoms with E-state index in [4.69, 9.17) is 5.26 Å². The summed E-state index contributed by atoms with van der Waals surface area (Å²) in [6.45, 7) is 2.05. The summed E-state index contributed by atoms with van der Waals surface area (Å²) in [5.41, 5.74) is 2.47. The van der Waals surface area contributed by atoms with Gasteiger partial charge in [0, 0.05) is 13.0 Å². The third-order valence-corrected chi connectivity index (χ3v) is 4.62. The van der Waals surface area contributed by atoms with Crippen LogP contribution in [0.4, 0.5) is 4.79 Å². The Bertz CT molecular complexity index is 677. The maximum atomic E-state index is 12.7. The Morgan fingerprint density at radius 2 is 2.09 bits per heavy atom. The van der Waals surface area contributed by atoms with E-state index in [-0.39, 0.29) is 11.9 Å². The van der Waals surface area contributed by atoms with Crippen LogP contribution in [0, 0.1) is 11.3 Å². The van der Waals surface area contributed by atoms with Gasteiger partial charge in [0.05, 0.1) is 6.07 Å². The fourth-order valence-electron chi connectivity index (χ4n) is 3.29. The molecule has 1 fully saturated rings. The fourth-order valence-corrected chi connectivity index (χ4v) is 3.29. The highest BCUT2D eigenvalue weighted by Gasteiger charge is 2.48. The topological polar surface area (TPSA) is 73.2 Å². The number of amides is 3. The second kappa shape index (κ2) is 5.45. The predicted molar refractivity (Wildman–Crippen MR) is 80.9 cm³/mol. The van der Waals surface area contributed by atoms with Crippen LogP contribution in [-0.4, -0.2) is 23.4 Å². The van der Waals surface area contributed by atoms with Gasteiger partial charge in [-0.15, -0.1) is 0 Å². The van der Waals surface area contributed by atoms with Crippen molar-refractivity contribution in [3.8, 4) is 6.07 Å². The van der Waals surface area contributed by atoms with Crippen LogP contribution in [-0.2, 0) is 23.2 Å². The average Bonchev–Trinajstić information content (AvgIpc) is 3.05. The lowest BCUT2D eigenvalue weighted by Gasteiger charge is -2.23. The van der Waals surface area contributed by atoms with Crippen molar-refractivity contribution in [1.29, 1.82) is 5.26 Å². The number of fused-ring (bicyclic) bond motifs is 1. The predicted octanol–water partition coefficient (Wildman–Crippen LogP) is 2.25. The molecule has 1 aliphatic heterocycles. The Labute approximate surface area is 129 Å². The molecule has 1 heterocycles. The van der Waals surface area contributed by atoms with Gasteiger partial charge in [-0.3, -0.25) is 9.69 Å². The molecular weight excluding hydrogens is 278 g/mol. The van der Waals surface area contributed by atoms with Crippen molar-refractivity contribution in [2.45, 2.75) is 44.6 Å². The smallest absolute Gasteiger partial charge is 0.319 e. The Kier molecular flexibility index (Phi) is 3.61. The number of carbonyl (C=O) groups is 2. The number of aryl methyl sites for hydroxylation is 2. The zero-order valence-electron chi connectivity index (χ0n) is 12.7. The minimum atomic E-state index is -0.999. The van der Waals surface area contributed by atoms with E-state index < -0.39 is 5.54 Å². The minimum absolute atomic E-state index is 0.228. The molecule has 0 aromatic heterocycles. The van der Waals surface area contributed by atoms with E-state index in [0.29, 0.717) is 19.4 Å². The molecule has 1 aromatic rings. The first-order valence-electron chi connectivity index (χ1n) is 7.69. The Balaban J connectivity index is 1.85. The van der Waals surface area contributed by atoms with Crippen LogP contribution >= 0.6 is 0 Å². The van der Waals surface area contributed by atoms with Gasteiger partial charge in [0.25, 0.3) is 5.91 Å². The molecule has 0 bridgehead atoms. The molecule has 3 rings (SSSR count). The van der Waals surface area contributed by atoms with Crippen molar-refractivity contribution in [1.82, 2.24) is 10.2 Å². The second-order valence-corrected chi connectivity index (χ2v) is 6.11. The quantitative estimate of drug-likeness (QED) is 0.684. The first kappa shape index (κ1) is 14.6. The van der Waals surface area contributed by atoms with Crippen molar-refractivity contribution in [3.05, 3.63) is 34.9 Å². The summed E-state index contributed by atoms with van der Waals surface area (Å²) in [7, 11) is 0. The molecule has 1 aliphatic carbocycles. The van der Waals surface area contributed by atoms with E-state index in [1.54, 1.807) is 6.92 Å². The van der Waals surface area contributed by atoms with Gasteiger partial charge in [-0.25, -0.2) is 4.79 Å². The van der Waals surface area contributed by atoms with Gasteiger partial charge in [0.2, 0.25) is 0 Å². The van der Waals surface area contributed by atoms with Crippen molar-refractivity contribution in [3.63, 3.8) is 0 Å². The number of unbranched alkanes of at least 4 members (excludes halogenated alkanes) is 1.